The minimum atomic E-state index is -1.78. The quantitative estimate of drug-likeness (QED) is 0.0963. The van der Waals surface area contributed by atoms with Crippen molar-refractivity contribution in [1.82, 2.24) is 0 Å². The van der Waals surface area contributed by atoms with Gasteiger partial charge >= 0.3 is 0 Å². The molecule has 5 nitrogen and oxygen atoms in total. The van der Waals surface area contributed by atoms with Gasteiger partial charge in [0, 0.05) is 19.1 Å². The van der Waals surface area contributed by atoms with Crippen molar-refractivity contribution in [1.29, 1.82) is 0 Å². The van der Waals surface area contributed by atoms with Crippen molar-refractivity contribution in [2.45, 2.75) is 180 Å². The predicted octanol–water partition coefficient (Wildman–Crippen LogP) is 14.9. The highest BCUT2D eigenvalue weighted by Gasteiger charge is 2.36. The minimum absolute atomic E-state index is 0.00136. The van der Waals surface area contributed by atoms with E-state index >= 15 is 0 Å². The average molecular weight is 928 g/mol. The van der Waals surface area contributed by atoms with E-state index in [1.54, 1.807) is 0 Å². The molecule has 332 valence electrons. The first-order valence-electron chi connectivity index (χ1n) is 21.2. The van der Waals surface area contributed by atoms with Crippen LogP contribution < -0.4 is 4.43 Å². The highest BCUT2D eigenvalue weighted by Crippen LogP contribution is 2.27. The summed E-state index contributed by atoms with van der Waals surface area (Å²) in [4.78, 5) is 10.8. The first-order valence-corrected chi connectivity index (χ1v) is 46.8. The highest BCUT2D eigenvalue weighted by atomic mass is 28.4. The van der Waals surface area contributed by atoms with Gasteiger partial charge < -0.3 is 17.7 Å². The molecular formula is C44H94O5Si8. The number of carbonyl (C=O) groups excluding carboxylic acids is 1. The number of hydrogen-bond acceptors (Lipinski definition) is 5. The van der Waals surface area contributed by atoms with Crippen LogP contribution >= 0.6 is 0 Å². The molecule has 0 saturated carbocycles. The summed E-state index contributed by atoms with van der Waals surface area (Å²) < 4.78 is 23.7. The van der Waals surface area contributed by atoms with Gasteiger partial charge in [-0.05, 0) is 114 Å². The van der Waals surface area contributed by atoms with Crippen LogP contribution in [-0.4, -0.2) is 83.7 Å². The second kappa shape index (κ2) is 25.8. The molecule has 1 aromatic carbocycles. The van der Waals surface area contributed by atoms with Crippen molar-refractivity contribution in [2.75, 3.05) is 6.61 Å². The number of rotatable bonds is 20. The van der Waals surface area contributed by atoms with Crippen LogP contribution in [0.1, 0.15) is 47.5 Å². The van der Waals surface area contributed by atoms with Gasteiger partial charge in [0.1, 0.15) is 5.75 Å². The second-order valence-corrected chi connectivity index (χ2v) is 60.1. The summed E-state index contributed by atoms with van der Waals surface area (Å²) in [7, 11) is -11.3. The van der Waals surface area contributed by atoms with Gasteiger partial charge in [-0.2, -0.15) is 0 Å². The Hall–Kier alpha value is -0.895. The van der Waals surface area contributed by atoms with Gasteiger partial charge in [-0.3, -0.25) is 4.79 Å². The molecule has 0 aliphatic carbocycles. The zero-order valence-electron chi connectivity index (χ0n) is 41.5. The van der Waals surface area contributed by atoms with Crippen molar-refractivity contribution in [3.63, 3.8) is 0 Å². The van der Waals surface area contributed by atoms with Gasteiger partial charge in [-0.1, -0.05) is 83.9 Å². The van der Waals surface area contributed by atoms with Gasteiger partial charge in [0.05, 0.1) is 32.3 Å². The van der Waals surface area contributed by atoms with Crippen LogP contribution in [0.4, 0.5) is 0 Å². The lowest BCUT2D eigenvalue weighted by Gasteiger charge is -2.36. The zero-order chi connectivity index (χ0) is 45.8. The SMILES string of the molecule is C=C[Si](C)(C)C[Si](C)(C)OC(C)(C)C.C=C[Si](C)(C)C[Si](C)(C)OC(C)=O.C=C[Si](C)(C)C[Si](C)(C)OCCCC.C=C[Si](C)(C)C[Si](C)(C)Oc1ccccc1. The van der Waals surface area contributed by atoms with Crippen LogP contribution in [0.3, 0.4) is 0 Å². The van der Waals surface area contributed by atoms with Gasteiger partial charge in [0.15, 0.2) is 16.6 Å². The fourth-order valence-corrected chi connectivity index (χ4v) is 50.0. The maximum atomic E-state index is 10.8. The van der Waals surface area contributed by atoms with Crippen LogP contribution in [0.2, 0.25) is 127 Å². The average Bonchev–Trinajstić information content (AvgIpc) is 2.98. The third-order valence-electron chi connectivity index (χ3n) is 8.87. The van der Waals surface area contributed by atoms with Crippen molar-refractivity contribution in [3.8, 4) is 5.75 Å². The number of para-hydroxylation sites is 1. The van der Waals surface area contributed by atoms with Gasteiger partial charge in [-0.25, -0.2) is 0 Å². The molecule has 0 amide bonds. The topological polar surface area (TPSA) is 54.0 Å². The molecule has 13 heteroatoms. The first kappa shape index (κ1) is 60.4. The van der Waals surface area contributed by atoms with Crippen molar-refractivity contribution < 1.29 is 22.5 Å². The molecule has 0 saturated heterocycles. The Morgan fingerprint density at radius 2 is 0.930 bits per heavy atom. The monoisotopic (exact) mass is 927 g/mol. The number of carbonyl (C=O) groups is 1. The van der Waals surface area contributed by atoms with E-state index < -0.39 is 65.6 Å². The molecule has 0 N–H and O–H groups in total. The molecule has 1 aromatic rings. The molecule has 0 aliphatic rings. The molecule has 0 fully saturated rings. The molecule has 0 spiro atoms. The Morgan fingerprint density at radius 3 is 1.26 bits per heavy atom. The molecule has 0 aliphatic heterocycles. The molecule has 1 rings (SSSR count). The summed E-state index contributed by atoms with van der Waals surface area (Å²) in [5.41, 5.74) is 13.4. The van der Waals surface area contributed by atoms with Crippen LogP contribution in [-0.2, 0) is 18.1 Å². The van der Waals surface area contributed by atoms with E-state index in [0.717, 1.165) is 18.0 Å². The lowest BCUT2D eigenvalue weighted by molar-refractivity contribution is -0.132. The molecular weight excluding hydrogens is 833 g/mol. The molecule has 0 heterocycles. The van der Waals surface area contributed by atoms with Gasteiger partial charge in [-0.15, -0.1) is 49.1 Å². The summed E-state index contributed by atoms with van der Waals surface area (Å²) in [6.07, 6.45) is 2.43. The van der Waals surface area contributed by atoms with Gasteiger partial charge in [0.25, 0.3) is 5.97 Å². The lowest BCUT2D eigenvalue weighted by Crippen LogP contribution is -2.45. The standard InChI is InChI=1S/C13H22OSi2.2C11H26OSi2.C9H20O2Si2/c1-6-15(2,3)12-16(4,5)14-13-10-8-7-9-11-13;1-9-13(5,6)10-14(7,8)12-11(2,3)4;1-7-9-10-12-14(5,6)11-13(3,4)8-2;1-7-12(3,4)8-13(5,6)11-9(2)10/h6-11H,1,12H2,2-5H3;9H,1,10H2,2-8H3;8H,2,7,9-11H2,1,3-6H3;7H,1,8H2,2-6H3. The summed E-state index contributed by atoms with van der Waals surface area (Å²) in [5.74, 6) is 0.860. The fraction of sp³-hybridized carbons (Fsp3) is 0.659. The molecule has 0 bridgehead atoms. The van der Waals surface area contributed by atoms with E-state index in [2.05, 4.69) is 182 Å². The highest BCUT2D eigenvalue weighted by molar-refractivity contribution is 6.97. The van der Waals surface area contributed by atoms with Crippen LogP contribution in [0, 0.1) is 0 Å². The molecule has 0 radical (unpaired) electrons. The molecule has 57 heavy (non-hydrogen) atoms. The Kier molecular flexibility index (Phi) is 27.3. The van der Waals surface area contributed by atoms with Crippen molar-refractivity contribution >= 4 is 71.5 Å². The summed E-state index contributed by atoms with van der Waals surface area (Å²) in [6, 6.07) is 10.1. The maximum Gasteiger partial charge on any atom is 0.289 e. The van der Waals surface area contributed by atoms with E-state index in [-0.39, 0.29) is 11.6 Å². The van der Waals surface area contributed by atoms with E-state index in [9.17, 15) is 4.79 Å². The molecule has 0 unspecified atom stereocenters. The molecule has 0 aromatic heterocycles. The van der Waals surface area contributed by atoms with Crippen molar-refractivity contribution in [2.24, 2.45) is 0 Å². The van der Waals surface area contributed by atoms with E-state index in [1.807, 2.05) is 30.3 Å². The fourth-order valence-electron chi connectivity index (χ4n) is 7.36. The zero-order valence-corrected chi connectivity index (χ0v) is 49.5. The number of hydrogen-bond donors (Lipinski definition) is 0. The number of unbranched alkanes of at least 4 members (excludes halogenated alkanes) is 1. The van der Waals surface area contributed by atoms with Crippen LogP contribution in [0.5, 0.6) is 5.75 Å². The lowest BCUT2D eigenvalue weighted by atomic mass is 10.2. The minimum Gasteiger partial charge on any atom is -0.544 e. The second-order valence-electron chi connectivity index (χ2n) is 21.9. The third kappa shape index (κ3) is 36.7. The Bertz CT molecular complexity index is 1330. The van der Waals surface area contributed by atoms with Gasteiger partial charge in [0.2, 0.25) is 16.6 Å². The summed E-state index contributed by atoms with van der Waals surface area (Å²) in [6.45, 7) is 63.5. The molecule has 0 atom stereocenters. The Labute approximate surface area is 364 Å². The Balaban J connectivity index is -0.000000685. The number of benzene rings is 1. The predicted molar refractivity (Wildman–Crippen MR) is 280 cm³/mol. The van der Waals surface area contributed by atoms with E-state index in [1.165, 1.54) is 36.8 Å². The summed E-state index contributed by atoms with van der Waals surface area (Å²) in [5, 5.41) is 0. The largest absolute Gasteiger partial charge is 0.544 e. The normalized spacial score (nSPS) is 12.9. The smallest absolute Gasteiger partial charge is 0.289 e. The maximum absolute atomic E-state index is 10.8. The first-order chi connectivity index (χ1) is 25.3. The van der Waals surface area contributed by atoms with Crippen molar-refractivity contribution in [3.05, 3.63) is 79.4 Å². The third-order valence-corrected chi connectivity index (χ3v) is 45.3. The summed E-state index contributed by atoms with van der Waals surface area (Å²) >= 11 is 0. The van der Waals surface area contributed by atoms with E-state index in [4.69, 9.17) is 17.7 Å². The Morgan fingerprint density at radius 1 is 0.579 bits per heavy atom. The van der Waals surface area contributed by atoms with Crippen LogP contribution in [0.25, 0.3) is 0 Å². The van der Waals surface area contributed by atoms with E-state index in [0.29, 0.717) is 0 Å². The van der Waals surface area contributed by atoms with Crippen LogP contribution in [0.15, 0.2) is 79.4 Å².